The van der Waals surface area contributed by atoms with Crippen LogP contribution in [0.2, 0.25) is 0 Å². The molecule has 0 spiro atoms. The zero-order valence-electron chi connectivity index (χ0n) is 14.1. The minimum Gasteiger partial charge on any atom is -0.354 e. The molecular formula is C20H26N2O2. The molecule has 1 aliphatic heterocycles. The smallest absolute Gasteiger partial charge is 0.242 e. The van der Waals surface area contributed by atoms with Gasteiger partial charge in [-0.2, -0.15) is 0 Å². The SMILES string of the molecule is O=C1NCCC[C@H]1NC(=O)[C@]1(Cc2ccccc2)C[C@H]2CC[C@H]1C2. The van der Waals surface area contributed by atoms with Crippen molar-refractivity contribution in [2.75, 3.05) is 6.54 Å². The van der Waals surface area contributed by atoms with E-state index in [0.717, 1.165) is 38.6 Å². The van der Waals surface area contributed by atoms with Gasteiger partial charge >= 0.3 is 0 Å². The van der Waals surface area contributed by atoms with Gasteiger partial charge in [0.15, 0.2) is 0 Å². The molecule has 4 atom stereocenters. The molecule has 1 aromatic rings. The van der Waals surface area contributed by atoms with E-state index in [2.05, 4.69) is 22.8 Å². The molecule has 2 aliphatic carbocycles. The Balaban J connectivity index is 1.56. The first-order chi connectivity index (χ1) is 11.7. The van der Waals surface area contributed by atoms with Gasteiger partial charge in [-0.1, -0.05) is 36.8 Å². The van der Waals surface area contributed by atoms with E-state index in [1.54, 1.807) is 0 Å². The maximum absolute atomic E-state index is 13.3. The van der Waals surface area contributed by atoms with E-state index in [0.29, 0.717) is 11.8 Å². The molecule has 0 radical (unpaired) electrons. The van der Waals surface area contributed by atoms with Gasteiger partial charge in [0.2, 0.25) is 11.8 Å². The van der Waals surface area contributed by atoms with Gasteiger partial charge in [0, 0.05) is 6.54 Å². The standard InChI is InChI=1S/C20H26N2O2/c23-18-17(7-4-10-21-18)22-19(24)20(12-14-5-2-1-3-6-14)13-15-8-9-16(20)11-15/h1-3,5-6,15-17H,4,7-13H2,(H,21,23)(H,22,24)/t15-,16-,17+,20+/m0/s1. The van der Waals surface area contributed by atoms with Crippen LogP contribution in [0.15, 0.2) is 30.3 Å². The Labute approximate surface area is 143 Å². The number of fused-ring (bicyclic) bond motifs is 2. The second-order valence-electron chi connectivity index (χ2n) is 7.86. The molecule has 3 aliphatic rings. The quantitative estimate of drug-likeness (QED) is 0.893. The van der Waals surface area contributed by atoms with Gasteiger partial charge < -0.3 is 10.6 Å². The van der Waals surface area contributed by atoms with Crippen molar-refractivity contribution in [2.45, 2.75) is 51.0 Å². The average molecular weight is 326 g/mol. The van der Waals surface area contributed by atoms with Gasteiger partial charge in [0.1, 0.15) is 6.04 Å². The molecule has 2 N–H and O–H groups in total. The first kappa shape index (κ1) is 15.7. The van der Waals surface area contributed by atoms with Gasteiger partial charge in [0.25, 0.3) is 0 Å². The maximum Gasteiger partial charge on any atom is 0.242 e. The average Bonchev–Trinajstić information content (AvgIpc) is 3.19. The molecule has 1 heterocycles. The molecule has 4 rings (SSSR count). The van der Waals surface area contributed by atoms with E-state index in [-0.39, 0.29) is 23.3 Å². The number of carbonyl (C=O) groups excluding carboxylic acids is 2. The highest BCUT2D eigenvalue weighted by atomic mass is 16.2. The van der Waals surface area contributed by atoms with Crippen LogP contribution in [-0.2, 0) is 16.0 Å². The van der Waals surface area contributed by atoms with Crippen LogP contribution in [0, 0.1) is 17.3 Å². The number of carbonyl (C=O) groups is 2. The number of amides is 2. The van der Waals surface area contributed by atoms with Crippen LogP contribution in [-0.4, -0.2) is 24.4 Å². The van der Waals surface area contributed by atoms with E-state index < -0.39 is 0 Å². The summed E-state index contributed by atoms with van der Waals surface area (Å²) in [5, 5.41) is 5.98. The van der Waals surface area contributed by atoms with Gasteiger partial charge in [-0.15, -0.1) is 0 Å². The highest BCUT2D eigenvalue weighted by Gasteiger charge is 2.55. The third-order valence-corrected chi connectivity index (χ3v) is 6.38. The summed E-state index contributed by atoms with van der Waals surface area (Å²) in [7, 11) is 0. The number of nitrogens with one attached hydrogen (secondary N) is 2. The van der Waals surface area contributed by atoms with Crippen LogP contribution >= 0.6 is 0 Å². The van der Waals surface area contributed by atoms with Crippen LogP contribution < -0.4 is 10.6 Å². The van der Waals surface area contributed by atoms with E-state index in [1.165, 1.54) is 18.4 Å². The monoisotopic (exact) mass is 326 g/mol. The Hall–Kier alpha value is -1.84. The molecular weight excluding hydrogens is 300 g/mol. The lowest BCUT2D eigenvalue weighted by Crippen LogP contribution is -2.55. The van der Waals surface area contributed by atoms with Crippen molar-refractivity contribution in [1.82, 2.24) is 10.6 Å². The Kier molecular flexibility index (Phi) is 4.07. The molecule has 128 valence electrons. The molecule has 2 bridgehead atoms. The molecule has 24 heavy (non-hydrogen) atoms. The number of rotatable bonds is 4. The molecule has 4 heteroatoms. The van der Waals surface area contributed by atoms with Crippen LogP contribution in [0.3, 0.4) is 0 Å². The fraction of sp³-hybridized carbons (Fsp3) is 0.600. The summed E-state index contributed by atoms with van der Waals surface area (Å²) >= 11 is 0. The first-order valence-electron chi connectivity index (χ1n) is 9.30. The largest absolute Gasteiger partial charge is 0.354 e. The van der Waals surface area contributed by atoms with Crippen molar-refractivity contribution < 1.29 is 9.59 Å². The Morgan fingerprint density at radius 3 is 2.71 bits per heavy atom. The van der Waals surface area contributed by atoms with Crippen molar-refractivity contribution in [1.29, 1.82) is 0 Å². The zero-order chi connectivity index (χ0) is 16.6. The second kappa shape index (κ2) is 6.23. The lowest BCUT2D eigenvalue weighted by molar-refractivity contribution is -0.138. The van der Waals surface area contributed by atoms with Crippen LogP contribution in [0.1, 0.15) is 44.1 Å². The third-order valence-electron chi connectivity index (χ3n) is 6.38. The van der Waals surface area contributed by atoms with Gasteiger partial charge in [-0.05, 0) is 55.9 Å². The normalized spacial score (nSPS) is 34.8. The summed E-state index contributed by atoms with van der Waals surface area (Å²) in [6.07, 6.45) is 7.07. The van der Waals surface area contributed by atoms with Crippen molar-refractivity contribution in [3.63, 3.8) is 0 Å². The minimum absolute atomic E-state index is 0.0207. The van der Waals surface area contributed by atoms with Crippen LogP contribution in [0.25, 0.3) is 0 Å². The van der Waals surface area contributed by atoms with E-state index in [1.807, 2.05) is 18.2 Å². The Morgan fingerprint density at radius 2 is 2.04 bits per heavy atom. The topological polar surface area (TPSA) is 58.2 Å². The summed E-state index contributed by atoms with van der Waals surface area (Å²) < 4.78 is 0. The summed E-state index contributed by atoms with van der Waals surface area (Å²) in [5.74, 6) is 1.24. The van der Waals surface area contributed by atoms with E-state index in [4.69, 9.17) is 0 Å². The predicted molar refractivity (Wildman–Crippen MR) is 92.2 cm³/mol. The molecule has 2 amide bonds. The molecule has 1 saturated heterocycles. The molecule has 4 nitrogen and oxygen atoms in total. The van der Waals surface area contributed by atoms with E-state index >= 15 is 0 Å². The fourth-order valence-electron chi connectivity index (χ4n) is 5.19. The highest BCUT2D eigenvalue weighted by molar-refractivity contribution is 5.91. The summed E-state index contributed by atoms with van der Waals surface area (Å²) in [6, 6.07) is 10.00. The Bertz CT molecular complexity index is 630. The third kappa shape index (κ3) is 2.72. The minimum atomic E-state index is -0.349. The number of piperidine rings is 1. The Morgan fingerprint density at radius 1 is 1.21 bits per heavy atom. The molecule has 2 saturated carbocycles. The summed E-state index contributed by atoms with van der Waals surface area (Å²) in [4.78, 5) is 25.3. The number of benzene rings is 1. The van der Waals surface area contributed by atoms with Crippen molar-refractivity contribution in [3.05, 3.63) is 35.9 Å². The van der Waals surface area contributed by atoms with Gasteiger partial charge in [-0.25, -0.2) is 0 Å². The van der Waals surface area contributed by atoms with E-state index in [9.17, 15) is 9.59 Å². The highest BCUT2D eigenvalue weighted by Crippen LogP contribution is 2.57. The van der Waals surface area contributed by atoms with Crippen LogP contribution in [0.4, 0.5) is 0 Å². The molecule has 0 unspecified atom stereocenters. The second-order valence-corrected chi connectivity index (χ2v) is 7.86. The van der Waals surface area contributed by atoms with Crippen molar-refractivity contribution in [3.8, 4) is 0 Å². The maximum atomic E-state index is 13.3. The molecule has 3 fully saturated rings. The number of hydrogen-bond donors (Lipinski definition) is 2. The van der Waals surface area contributed by atoms with Crippen molar-refractivity contribution >= 4 is 11.8 Å². The zero-order valence-corrected chi connectivity index (χ0v) is 14.1. The van der Waals surface area contributed by atoms with Gasteiger partial charge in [-0.3, -0.25) is 9.59 Å². The lowest BCUT2D eigenvalue weighted by Gasteiger charge is -2.38. The number of hydrogen-bond acceptors (Lipinski definition) is 2. The fourth-order valence-corrected chi connectivity index (χ4v) is 5.19. The molecule has 1 aromatic carbocycles. The summed E-state index contributed by atoms with van der Waals surface area (Å²) in [6.45, 7) is 0.727. The van der Waals surface area contributed by atoms with Crippen molar-refractivity contribution in [2.24, 2.45) is 17.3 Å². The molecule has 0 aromatic heterocycles. The first-order valence-corrected chi connectivity index (χ1v) is 9.30. The van der Waals surface area contributed by atoms with Crippen LogP contribution in [0.5, 0.6) is 0 Å². The van der Waals surface area contributed by atoms with Gasteiger partial charge in [0.05, 0.1) is 5.41 Å². The summed E-state index contributed by atoms with van der Waals surface area (Å²) in [5.41, 5.74) is 0.912. The predicted octanol–water partition coefficient (Wildman–Crippen LogP) is 2.43. The lowest BCUT2D eigenvalue weighted by atomic mass is 9.68.